The maximum Gasteiger partial charge on any atom is 0.225 e. The largest absolute Gasteiger partial charge is 0.352 e. The zero-order valence-electron chi connectivity index (χ0n) is 14.5. The van der Waals surface area contributed by atoms with Crippen molar-refractivity contribution in [1.29, 1.82) is 0 Å². The molecule has 0 saturated heterocycles. The molecule has 0 radical (unpaired) electrons. The number of anilines is 3. The number of rotatable bonds is 6. The van der Waals surface area contributed by atoms with Crippen LogP contribution in [-0.4, -0.2) is 16.0 Å². The predicted octanol–water partition coefficient (Wildman–Crippen LogP) is 4.92. The molecule has 1 saturated carbocycles. The first-order valence-electron chi connectivity index (χ1n) is 8.55. The summed E-state index contributed by atoms with van der Waals surface area (Å²) in [6.45, 7) is 8.59. The monoisotopic (exact) mass is 310 g/mol. The Morgan fingerprint density at radius 3 is 2.70 bits per heavy atom. The first-order valence-corrected chi connectivity index (χ1v) is 8.55. The number of nitrogens with zero attached hydrogens (tertiary/aromatic N) is 2. The second kappa shape index (κ2) is 6.57. The Bertz CT molecular complexity index is 692. The maximum absolute atomic E-state index is 4.70. The fourth-order valence-electron chi connectivity index (χ4n) is 2.53. The highest BCUT2D eigenvalue weighted by atomic mass is 15.2. The van der Waals surface area contributed by atoms with Gasteiger partial charge in [-0.05, 0) is 57.2 Å². The number of hydrogen-bond donors (Lipinski definition) is 2. The molecular weight excluding hydrogens is 284 g/mol. The molecule has 1 atom stereocenters. The summed E-state index contributed by atoms with van der Waals surface area (Å²) in [6, 6.07) is 8.78. The van der Waals surface area contributed by atoms with Crippen LogP contribution in [-0.2, 0) is 0 Å². The van der Waals surface area contributed by atoms with Gasteiger partial charge in [0.15, 0.2) is 0 Å². The van der Waals surface area contributed by atoms with Crippen LogP contribution in [0.3, 0.4) is 0 Å². The zero-order valence-corrected chi connectivity index (χ0v) is 14.5. The SMILES string of the molecule is CC[C@H](C)Nc1nc(Nc2cccc(C)c2C)cc(C2CC2)n1. The number of benzene rings is 1. The van der Waals surface area contributed by atoms with Crippen LogP contribution in [0.2, 0.25) is 0 Å². The number of aromatic nitrogens is 2. The molecule has 3 rings (SSSR count). The highest BCUT2D eigenvalue weighted by Crippen LogP contribution is 2.40. The van der Waals surface area contributed by atoms with Crippen LogP contribution >= 0.6 is 0 Å². The van der Waals surface area contributed by atoms with Crippen molar-refractivity contribution in [2.45, 2.75) is 58.9 Å². The van der Waals surface area contributed by atoms with Gasteiger partial charge in [0.25, 0.3) is 0 Å². The molecule has 0 spiro atoms. The molecule has 122 valence electrons. The molecule has 0 amide bonds. The lowest BCUT2D eigenvalue weighted by atomic mass is 10.1. The predicted molar refractivity (Wildman–Crippen MR) is 96.6 cm³/mol. The Morgan fingerprint density at radius 1 is 1.22 bits per heavy atom. The lowest BCUT2D eigenvalue weighted by Crippen LogP contribution is -2.16. The molecule has 1 aliphatic rings. The second-order valence-electron chi connectivity index (χ2n) is 6.60. The molecule has 4 nitrogen and oxygen atoms in total. The lowest BCUT2D eigenvalue weighted by Gasteiger charge is -2.15. The summed E-state index contributed by atoms with van der Waals surface area (Å²) in [6.07, 6.45) is 3.53. The average Bonchev–Trinajstić information content (AvgIpc) is 3.36. The quantitative estimate of drug-likeness (QED) is 0.794. The first-order chi connectivity index (χ1) is 11.1. The molecule has 2 aromatic rings. The van der Waals surface area contributed by atoms with Gasteiger partial charge in [-0.3, -0.25) is 0 Å². The standard InChI is InChI=1S/C19H26N4/c1-5-13(3)20-19-22-17(15-9-10-15)11-18(23-19)21-16-8-6-7-12(2)14(16)4/h6-8,11,13,15H,5,9-10H2,1-4H3,(H2,20,21,22,23)/t13-/m0/s1. The second-order valence-corrected chi connectivity index (χ2v) is 6.60. The summed E-state index contributed by atoms with van der Waals surface area (Å²) in [5.74, 6) is 2.22. The summed E-state index contributed by atoms with van der Waals surface area (Å²) in [5, 5.41) is 6.88. The number of hydrogen-bond acceptors (Lipinski definition) is 4. The molecule has 2 N–H and O–H groups in total. The van der Waals surface area contributed by atoms with E-state index in [0.717, 1.165) is 29.6 Å². The third-order valence-electron chi connectivity index (χ3n) is 4.60. The topological polar surface area (TPSA) is 49.8 Å². The summed E-state index contributed by atoms with van der Waals surface area (Å²) in [5.41, 5.74) is 4.80. The Hall–Kier alpha value is -2.10. The van der Waals surface area contributed by atoms with Gasteiger partial charge in [-0.2, -0.15) is 4.98 Å². The minimum atomic E-state index is 0.373. The summed E-state index contributed by atoms with van der Waals surface area (Å²) < 4.78 is 0. The third-order valence-corrected chi connectivity index (χ3v) is 4.60. The fourth-order valence-corrected chi connectivity index (χ4v) is 2.53. The van der Waals surface area contributed by atoms with E-state index in [1.54, 1.807) is 0 Å². The lowest BCUT2D eigenvalue weighted by molar-refractivity contribution is 0.750. The smallest absolute Gasteiger partial charge is 0.225 e. The van der Waals surface area contributed by atoms with Gasteiger partial charge in [-0.15, -0.1) is 0 Å². The minimum absolute atomic E-state index is 0.373. The van der Waals surface area contributed by atoms with E-state index in [9.17, 15) is 0 Å². The van der Waals surface area contributed by atoms with Crippen molar-refractivity contribution in [3.8, 4) is 0 Å². The molecule has 0 bridgehead atoms. The summed E-state index contributed by atoms with van der Waals surface area (Å²) in [7, 11) is 0. The molecule has 1 fully saturated rings. The molecule has 1 aromatic heterocycles. The molecule has 1 aromatic carbocycles. The Morgan fingerprint density at radius 2 is 2.00 bits per heavy atom. The van der Waals surface area contributed by atoms with E-state index in [4.69, 9.17) is 4.98 Å². The minimum Gasteiger partial charge on any atom is -0.352 e. The van der Waals surface area contributed by atoms with Crippen molar-refractivity contribution in [3.05, 3.63) is 41.1 Å². The molecule has 0 aliphatic heterocycles. The molecule has 4 heteroatoms. The van der Waals surface area contributed by atoms with E-state index in [2.05, 4.69) is 67.6 Å². The van der Waals surface area contributed by atoms with E-state index < -0.39 is 0 Å². The van der Waals surface area contributed by atoms with E-state index in [0.29, 0.717) is 12.0 Å². The zero-order chi connectivity index (χ0) is 16.4. The fraction of sp³-hybridized carbons (Fsp3) is 0.474. The molecule has 1 aliphatic carbocycles. The molecule has 1 heterocycles. The number of nitrogens with one attached hydrogen (secondary N) is 2. The van der Waals surface area contributed by atoms with Gasteiger partial charge < -0.3 is 10.6 Å². The highest BCUT2D eigenvalue weighted by Gasteiger charge is 2.26. The molecule has 0 unspecified atom stereocenters. The van der Waals surface area contributed by atoms with Gasteiger partial charge >= 0.3 is 0 Å². The maximum atomic E-state index is 4.70. The van der Waals surface area contributed by atoms with Gasteiger partial charge in [0.05, 0.1) is 5.69 Å². The van der Waals surface area contributed by atoms with Crippen LogP contribution < -0.4 is 10.6 Å². The van der Waals surface area contributed by atoms with Crippen molar-refractivity contribution in [1.82, 2.24) is 9.97 Å². The third kappa shape index (κ3) is 3.81. The summed E-state index contributed by atoms with van der Waals surface area (Å²) in [4.78, 5) is 9.37. The van der Waals surface area contributed by atoms with Crippen molar-refractivity contribution in [2.24, 2.45) is 0 Å². The number of aryl methyl sites for hydroxylation is 1. The van der Waals surface area contributed by atoms with E-state index >= 15 is 0 Å². The van der Waals surface area contributed by atoms with Crippen LogP contribution in [0.4, 0.5) is 17.5 Å². The molecular formula is C19H26N4. The van der Waals surface area contributed by atoms with Crippen molar-refractivity contribution in [2.75, 3.05) is 10.6 Å². The van der Waals surface area contributed by atoms with Crippen LogP contribution in [0, 0.1) is 13.8 Å². The van der Waals surface area contributed by atoms with Gasteiger partial charge in [-0.1, -0.05) is 19.1 Å². The summed E-state index contributed by atoms with van der Waals surface area (Å²) >= 11 is 0. The normalized spacial score (nSPS) is 15.3. The van der Waals surface area contributed by atoms with E-state index in [1.807, 2.05) is 0 Å². The van der Waals surface area contributed by atoms with Gasteiger partial charge in [-0.25, -0.2) is 4.98 Å². The first kappa shape index (κ1) is 15.8. The Kier molecular flexibility index (Phi) is 4.51. The van der Waals surface area contributed by atoms with Gasteiger partial charge in [0.2, 0.25) is 5.95 Å². The van der Waals surface area contributed by atoms with Gasteiger partial charge in [0, 0.05) is 23.7 Å². The Labute approximate surface area is 138 Å². The van der Waals surface area contributed by atoms with Crippen LogP contribution in [0.5, 0.6) is 0 Å². The van der Waals surface area contributed by atoms with Crippen LogP contribution in [0.25, 0.3) is 0 Å². The van der Waals surface area contributed by atoms with Crippen molar-refractivity contribution >= 4 is 17.5 Å². The van der Waals surface area contributed by atoms with E-state index in [1.165, 1.54) is 24.0 Å². The van der Waals surface area contributed by atoms with E-state index in [-0.39, 0.29) is 0 Å². The van der Waals surface area contributed by atoms with Gasteiger partial charge in [0.1, 0.15) is 5.82 Å². The van der Waals surface area contributed by atoms with Crippen molar-refractivity contribution < 1.29 is 0 Å². The van der Waals surface area contributed by atoms with Crippen LogP contribution in [0.1, 0.15) is 55.8 Å². The molecule has 23 heavy (non-hydrogen) atoms. The Balaban J connectivity index is 1.89. The van der Waals surface area contributed by atoms with Crippen molar-refractivity contribution in [3.63, 3.8) is 0 Å². The average molecular weight is 310 g/mol. The highest BCUT2D eigenvalue weighted by molar-refractivity contribution is 5.63. The van der Waals surface area contributed by atoms with Crippen LogP contribution in [0.15, 0.2) is 24.3 Å².